The molecule has 0 N–H and O–H groups in total. The fourth-order valence-electron chi connectivity index (χ4n) is 23.3. The van der Waals surface area contributed by atoms with Gasteiger partial charge in [-0.05, 0) is 373 Å². The van der Waals surface area contributed by atoms with E-state index >= 15 is 0 Å². The zero-order chi connectivity index (χ0) is 99.7. The van der Waals surface area contributed by atoms with Crippen LogP contribution in [0.5, 0.6) is 0 Å². The number of aryl methyl sites for hydroxylation is 8. The van der Waals surface area contributed by atoms with Crippen LogP contribution in [0.25, 0.3) is 297 Å². The van der Waals surface area contributed by atoms with Gasteiger partial charge in [-0.25, -0.2) is 15.0 Å². The molecule has 24 aromatic carbocycles. The first-order chi connectivity index (χ1) is 73.1. The lowest BCUT2D eigenvalue weighted by atomic mass is 9.82. The molecule has 9 nitrogen and oxygen atoms in total. The summed E-state index contributed by atoms with van der Waals surface area (Å²) in [7, 11) is 0. The van der Waals surface area contributed by atoms with Gasteiger partial charge in [0.2, 0.25) is 17.7 Å². The predicted molar refractivity (Wildman–Crippen MR) is 622 cm³/mol. The molecule has 0 amide bonds. The van der Waals surface area contributed by atoms with Gasteiger partial charge in [0, 0.05) is 51.4 Å². The monoisotopic (exact) mass is 1910 g/mol. The average Bonchev–Trinajstić information content (AvgIpc) is 1.62. The normalized spacial score (nSPS) is 11.9. The first kappa shape index (κ1) is 87.8. The number of hydrogen-bond donors (Lipinski definition) is 0. The molecule has 9 heteroatoms. The molecular weight excluding hydrogens is 1810 g/mol. The number of pyridine rings is 3. The van der Waals surface area contributed by atoms with Crippen LogP contribution in [-0.2, 0) is 0 Å². The molecule has 30 aromatic rings. The van der Waals surface area contributed by atoms with E-state index in [1.165, 1.54) is 181 Å². The van der Waals surface area contributed by atoms with Gasteiger partial charge in [-0.15, -0.1) is 0 Å². The SMILES string of the molecule is Cc1ccc(-c2cc(-c3ccc(C)cc3)c3ccc4c(-c5nc6cc(C)ccc6o5)cc(-c5ccc(C)cc5)c5ccc2c3c54)cc1.Cc1ccc(-c2cc(-c3ccc(C)cc3)c3ccc4c(-c5nc6ccc(C)cc6o5)cc(-c5ccc(C)cc5)c5ccc2c3c54)cc1.c1ccc2oc(-c3cc(-c4ccnc5ccccc45)c4ccc5c(-c6ccnc7ccccc67)cc(-c6ccnc7ccccc67)c6ccc3c4c65)nc2c1. The highest BCUT2D eigenvalue weighted by molar-refractivity contribution is 6.36. The standard InChI is InChI=1S/C50H28N4O.2C45H33NO/c1-4-12-43-32(9-1)29(21-24-51-43)39-27-40(30-22-25-52-44-13-5-2-10-33(30)44)36-19-20-38-42(50-54-46-15-7-8-16-47(46)55-50)28-41(37-18-17-35(39)48(36)49(37)38)31-23-26-53-45-14-6-3-11-34(31)45;1-26-5-12-30(13-6-26)37-24-38(31-14-7-27(2)8-15-31)34-20-21-36-40(45-46-41-23-29(4)11-22-42(41)47-45)25-39(32-16-9-28(3)10-17-32)35-19-18-33(37)43(34)44(35)36;1-26-5-12-30(13-6-26)37-24-38(31-14-7-27(2)8-15-31)34-20-21-36-40(45-46-41-22-11-29(4)23-42(41)47-45)25-39(32-16-9-28(3)10-17-32)35-19-18-33(37)43(34)44(35)36/h1-28H;2*5-25H,1-4H3. The number of oxazole rings is 3. The maximum absolute atomic E-state index is 6.57. The van der Waals surface area contributed by atoms with Crippen molar-refractivity contribution >= 4 is 163 Å². The van der Waals surface area contributed by atoms with Crippen LogP contribution in [0.2, 0.25) is 0 Å². The molecular formula is C140H94N6O3. The highest BCUT2D eigenvalue weighted by Gasteiger charge is 2.30. The Labute approximate surface area is 859 Å². The van der Waals surface area contributed by atoms with E-state index in [4.69, 9.17) is 43.2 Å². The molecule has 0 saturated heterocycles. The quantitative estimate of drug-likeness (QED) is 0.110. The van der Waals surface area contributed by atoms with Crippen LogP contribution in [0, 0.1) is 55.4 Å². The molecule has 0 aliphatic rings. The van der Waals surface area contributed by atoms with E-state index in [0.29, 0.717) is 17.7 Å². The first-order valence-corrected chi connectivity index (χ1v) is 51.0. The number of rotatable bonds is 12. The van der Waals surface area contributed by atoms with E-state index in [1.807, 2.05) is 55.0 Å². The Kier molecular flexibility index (Phi) is 20.6. The van der Waals surface area contributed by atoms with Crippen LogP contribution in [0.1, 0.15) is 44.5 Å². The van der Waals surface area contributed by atoms with Crippen LogP contribution in [0.15, 0.2) is 438 Å². The Morgan fingerprint density at radius 1 is 0.141 bits per heavy atom. The fraction of sp³-hybridized carbons (Fsp3) is 0.0571. The second-order valence-corrected chi connectivity index (χ2v) is 40.3. The molecule has 702 valence electrons. The molecule has 149 heavy (non-hydrogen) atoms. The summed E-state index contributed by atoms with van der Waals surface area (Å²) in [4.78, 5) is 29.4. The molecule has 0 radical (unpaired) electrons. The smallest absolute Gasteiger partial charge is 0.227 e. The van der Waals surface area contributed by atoms with Crippen molar-refractivity contribution in [1.82, 2.24) is 29.9 Å². The molecule has 0 unspecified atom stereocenters. The number of benzene rings is 24. The Balaban J connectivity index is 0.000000108. The van der Waals surface area contributed by atoms with Gasteiger partial charge in [0.15, 0.2) is 16.7 Å². The van der Waals surface area contributed by atoms with E-state index in [0.717, 1.165) is 143 Å². The highest BCUT2D eigenvalue weighted by atomic mass is 16.4. The van der Waals surface area contributed by atoms with Gasteiger partial charge in [-0.1, -0.05) is 331 Å². The third-order valence-electron chi connectivity index (χ3n) is 30.8. The summed E-state index contributed by atoms with van der Waals surface area (Å²) in [5.41, 5.74) is 42.0. The Bertz CT molecular complexity index is 10000. The summed E-state index contributed by atoms with van der Waals surface area (Å²) < 4.78 is 19.6. The minimum atomic E-state index is 0.597. The van der Waals surface area contributed by atoms with Crippen LogP contribution in [0.4, 0.5) is 0 Å². The Morgan fingerprint density at radius 3 is 0.678 bits per heavy atom. The van der Waals surface area contributed by atoms with Crippen molar-refractivity contribution in [3.05, 3.63) is 470 Å². The molecule has 6 heterocycles. The minimum Gasteiger partial charge on any atom is -0.436 e. The van der Waals surface area contributed by atoms with E-state index in [1.54, 1.807) is 0 Å². The average molecular weight is 1910 g/mol. The summed E-state index contributed by atoms with van der Waals surface area (Å²) in [6, 6.07) is 147. The van der Waals surface area contributed by atoms with E-state index in [2.05, 4.69) is 425 Å². The van der Waals surface area contributed by atoms with E-state index in [-0.39, 0.29) is 0 Å². The second kappa shape index (κ2) is 34.9. The summed E-state index contributed by atoms with van der Waals surface area (Å²) in [6.07, 6.45) is 5.76. The molecule has 0 bridgehead atoms. The summed E-state index contributed by atoms with van der Waals surface area (Å²) in [5.74, 6) is 1.89. The zero-order valence-corrected chi connectivity index (χ0v) is 83.3. The minimum absolute atomic E-state index is 0.597. The van der Waals surface area contributed by atoms with Gasteiger partial charge < -0.3 is 13.3 Å². The maximum Gasteiger partial charge on any atom is 0.227 e. The molecule has 0 aliphatic heterocycles. The third-order valence-corrected chi connectivity index (χ3v) is 30.8. The third kappa shape index (κ3) is 14.8. The molecule has 0 saturated carbocycles. The Hall–Kier alpha value is -19.0. The summed E-state index contributed by atoms with van der Waals surface area (Å²) in [5, 5.41) is 25.1. The van der Waals surface area contributed by atoms with Gasteiger partial charge in [0.1, 0.15) is 16.6 Å². The molecule has 0 fully saturated rings. The van der Waals surface area contributed by atoms with Crippen molar-refractivity contribution in [2.24, 2.45) is 0 Å². The first-order valence-electron chi connectivity index (χ1n) is 51.0. The zero-order valence-electron chi connectivity index (χ0n) is 83.3. The van der Waals surface area contributed by atoms with Crippen LogP contribution < -0.4 is 0 Å². The maximum atomic E-state index is 6.57. The van der Waals surface area contributed by atoms with Gasteiger partial charge >= 0.3 is 0 Å². The lowest BCUT2D eigenvalue weighted by molar-refractivity contribution is 0.620. The highest BCUT2D eigenvalue weighted by Crippen LogP contribution is 2.56. The summed E-state index contributed by atoms with van der Waals surface area (Å²) >= 11 is 0. The van der Waals surface area contributed by atoms with Gasteiger partial charge in [-0.2, -0.15) is 0 Å². The van der Waals surface area contributed by atoms with E-state index < -0.39 is 0 Å². The van der Waals surface area contributed by atoms with Gasteiger partial charge in [-0.3, -0.25) is 15.0 Å². The molecule has 0 aliphatic carbocycles. The molecule has 30 rings (SSSR count). The lowest BCUT2D eigenvalue weighted by Crippen LogP contribution is -1.96. The number of aromatic nitrogens is 6. The topological polar surface area (TPSA) is 117 Å². The fourth-order valence-corrected chi connectivity index (χ4v) is 23.3. The predicted octanol–water partition coefficient (Wildman–Crippen LogP) is 38.3. The van der Waals surface area contributed by atoms with E-state index in [9.17, 15) is 0 Å². The Morgan fingerprint density at radius 2 is 0.362 bits per heavy atom. The number of fused-ring (bicyclic) bond motifs is 6. The largest absolute Gasteiger partial charge is 0.436 e. The lowest BCUT2D eigenvalue weighted by Gasteiger charge is -2.22. The van der Waals surface area contributed by atoms with Crippen molar-refractivity contribution in [3.8, 4) is 135 Å². The van der Waals surface area contributed by atoms with Crippen LogP contribution in [0.3, 0.4) is 0 Å². The van der Waals surface area contributed by atoms with Crippen molar-refractivity contribution in [2.75, 3.05) is 0 Å². The molecule has 0 spiro atoms. The molecule has 6 aromatic heterocycles. The number of nitrogens with zero attached hydrogens (tertiary/aromatic N) is 6. The van der Waals surface area contributed by atoms with Gasteiger partial charge in [0.05, 0.1) is 16.6 Å². The van der Waals surface area contributed by atoms with Crippen molar-refractivity contribution < 1.29 is 13.3 Å². The van der Waals surface area contributed by atoms with Crippen molar-refractivity contribution in [3.63, 3.8) is 0 Å². The van der Waals surface area contributed by atoms with Gasteiger partial charge in [0.25, 0.3) is 0 Å². The summed E-state index contributed by atoms with van der Waals surface area (Å²) in [6.45, 7) is 17.0. The second-order valence-electron chi connectivity index (χ2n) is 40.3. The van der Waals surface area contributed by atoms with Crippen molar-refractivity contribution in [1.29, 1.82) is 0 Å². The number of hydrogen-bond acceptors (Lipinski definition) is 9. The molecule has 0 atom stereocenters. The van der Waals surface area contributed by atoms with Crippen LogP contribution >= 0.6 is 0 Å². The van der Waals surface area contributed by atoms with Crippen LogP contribution in [-0.4, -0.2) is 29.9 Å². The van der Waals surface area contributed by atoms with Crippen molar-refractivity contribution in [2.45, 2.75) is 55.4 Å². The number of para-hydroxylation sites is 5.